The summed E-state index contributed by atoms with van der Waals surface area (Å²) < 4.78 is 5.73. The number of hydrogen-bond acceptors (Lipinski definition) is 3. The Labute approximate surface area is 147 Å². The van der Waals surface area contributed by atoms with E-state index in [0.29, 0.717) is 24.3 Å². The number of aryl methyl sites for hydroxylation is 3. The van der Waals surface area contributed by atoms with Crippen molar-refractivity contribution in [2.24, 2.45) is 0 Å². The van der Waals surface area contributed by atoms with Gasteiger partial charge < -0.3 is 4.74 Å². The summed E-state index contributed by atoms with van der Waals surface area (Å²) in [7, 11) is 0. The molecule has 2 aliphatic heterocycles. The Hall–Kier alpha value is -2.46. The van der Waals surface area contributed by atoms with E-state index in [9.17, 15) is 9.59 Å². The summed E-state index contributed by atoms with van der Waals surface area (Å²) in [5, 5.41) is 0. The molecule has 4 rings (SSSR count). The Morgan fingerprint density at radius 3 is 2.04 bits per heavy atom. The summed E-state index contributed by atoms with van der Waals surface area (Å²) >= 11 is 0. The minimum Gasteiger partial charge on any atom is -0.379 e. The lowest BCUT2D eigenvalue weighted by Crippen LogP contribution is -2.43. The molecule has 1 fully saturated rings. The van der Waals surface area contributed by atoms with Crippen molar-refractivity contribution in [2.75, 3.05) is 13.2 Å². The van der Waals surface area contributed by atoms with Gasteiger partial charge in [0.2, 0.25) is 0 Å². The fourth-order valence-corrected chi connectivity index (χ4v) is 4.36. The van der Waals surface area contributed by atoms with Crippen LogP contribution in [0.4, 0.5) is 0 Å². The Kier molecular flexibility index (Phi) is 3.73. The Morgan fingerprint density at radius 1 is 0.920 bits per heavy atom. The third-order valence-corrected chi connectivity index (χ3v) is 5.32. The van der Waals surface area contributed by atoms with Gasteiger partial charge in [0.25, 0.3) is 11.8 Å². The van der Waals surface area contributed by atoms with E-state index in [-0.39, 0.29) is 23.8 Å². The van der Waals surface area contributed by atoms with E-state index in [1.807, 2.05) is 0 Å². The number of imide groups is 1. The van der Waals surface area contributed by atoms with E-state index in [2.05, 4.69) is 32.9 Å². The van der Waals surface area contributed by atoms with Gasteiger partial charge in [0, 0.05) is 5.92 Å². The van der Waals surface area contributed by atoms with E-state index in [0.717, 1.165) is 0 Å². The summed E-state index contributed by atoms with van der Waals surface area (Å²) in [5.74, 6) is -0.394. The fraction of sp³-hybridized carbons (Fsp3) is 0.333. The highest BCUT2D eigenvalue weighted by atomic mass is 16.5. The first-order chi connectivity index (χ1) is 12.0. The predicted octanol–water partition coefficient (Wildman–Crippen LogP) is 3.39. The lowest BCUT2D eigenvalue weighted by atomic mass is 9.86. The minimum absolute atomic E-state index is 0.0165. The van der Waals surface area contributed by atoms with Crippen molar-refractivity contribution < 1.29 is 14.3 Å². The van der Waals surface area contributed by atoms with Crippen LogP contribution >= 0.6 is 0 Å². The average Bonchev–Trinajstić information content (AvgIpc) is 3.11. The van der Waals surface area contributed by atoms with Crippen LogP contribution in [0.3, 0.4) is 0 Å². The van der Waals surface area contributed by atoms with Crippen LogP contribution in [-0.2, 0) is 4.74 Å². The van der Waals surface area contributed by atoms with Crippen molar-refractivity contribution >= 4 is 11.8 Å². The zero-order valence-corrected chi connectivity index (χ0v) is 14.7. The molecule has 0 radical (unpaired) electrons. The van der Waals surface area contributed by atoms with Crippen molar-refractivity contribution in [1.82, 2.24) is 4.90 Å². The van der Waals surface area contributed by atoms with E-state index in [4.69, 9.17) is 4.74 Å². The van der Waals surface area contributed by atoms with E-state index < -0.39 is 0 Å². The number of fused-ring (bicyclic) bond motifs is 1. The van der Waals surface area contributed by atoms with Crippen LogP contribution in [0.5, 0.6) is 0 Å². The fourth-order valence-electron chi connectivity index (χ4n) is 4.36. The molecule has 2 aromatic rings. The minimum atomic E-state index is -0.257. The molecule has 2 atom stereocenters. The normalized spacial score (nSPS) is 22.6. The molecule has 2 amide bonds. The number of rotatable bonds is 2. The van der Waals surface area contributed by atoms with Crippen LogP contribution in [0.2, 0.25) is 0 Å². The van der Waals surface area contributed by atoms with Gasteiger partial charge in [0.15, 0.2) is 0 Å². The van der Waals surface area contributed by atoms with Gasteiger partial charge in [-0.3, -0.25) is 14.5 Å². The highest BCUT2D eigenvalue weighted by Gasteiger charge is 2.45. The number of amides is 2. The molecule has 0 aromatic heterocycles. The Morgan fingerprint density at radius 2 is 1.48 bits per heavy atom. The second kappa shape index (κ2) is 5.81. The lowest BCUT2D eigenvalue weighted by molar-refractivity contribution is 0.0557. The molecule has 0 saturated carbocycles. The molecule has 2 aromatic carbocycles. The Bertz CT molecular complexity index is 828. The van der Waals surface area contributed by atoms with Crippen LogP contribution in [0.15, 0.2) is 36.4 Å². The second-order valence-corrected chi connectivity index (χ2v) is 7.05. The molecule has 0 aliphatic carbocycles. The predicted molar refractivity (Wildman–Crippen MR) is 94.9 cm³/mol. The molecule has 1 saturated heterocycles. The van der Waals surface area contributed by atoms with Gasteiger partial charge >= 0.3 is 0 Å². The van der Waals surface area contributed by atoms with Crippen LogP contribution in [0.1, 0.15) is 48.9 Å². The largest absolute Gasteiger partial charge is 0.379 e. The van der Waals surface area contributed by atoms with E-state index in [1.54, 1.807) is 24.3 Å². The standard InChI is InChI=1S/C21H21NO3/c1-12-8-13(2)19(14(3)9-12)17-10-25-11-18(17)22-20(23)15-6-4-5-7-16(15)21(22)24/h4-9,17-18H,10-11H2,1-3H3/t17-,18-/m0/s1. The van der Waals surface area contributed by atoms with Gasteiger partial charge in [-0.2, -0.15) is 0 Å². The maximum Gasteiger partial charge on any atom is 0.261 e. The zero-order chi connectivity index (χ0) is 17.7. The first-order valence-electron chi connectivity index (χ1n) is 8.61. The quantitative estimate of drug-likeness (QED) is 0.790. The number of carbonyl (C=O) groups excluding carboxylic acids is 2. The van der Waals surface area contributed by atoms with E-state index in [1.165, 1.54) is 27.2 Å². The number of benzene rings is 2. The Balaban J connectivity index is 1.75. The molecule has 2 heterocycles. The average molecular weight is 335 g/mol. The molecule has 2 aliphatic rings. The van der Waals surface area contributed by atoms with Gasteiger partial charge in [0.05, 0.1) is 30.4 Å². The van der Waals surface area contributed by atoms with Crippen LogP contribution in [-0.4, -0.2) is 36.0 Å². The molecule has 0 N–H and O–H groups in total. The van der Waals surface area contributed by atoms with Crippen LogP contribution in [0.25, 0.3) is 0 Å². The first kappa shape index (κ1) is 16.0. The van der Waals surface area contributed by atoms with Crippen molar-refractivity contribution in [2.45, 2.75) is 32.7 Å². The number of nitrogens with zero attached hydrogens (tertiary/aromatic N) is 1. The van der Waals surface area contributed by atoms with Crippen molar-refractivity contribution in [1.29, 1.82) is 0 Å². The number of hydrogen-bond donors (Lipinski definition) is 0. The lowest BCUT2D eigenvalue weighted by Gasteiger charge is -2.28. The topological polar surface area (TPSA) is 46.6 Å². The molecule has 0 unspecified atom stereocenters. The molecule has 0 bridgehead atoms. The van der Waals surface area contributed by atoms with Crippen LogP contribution < -0.4 is 0 Å². The number of ether oxygens (including phenoxy) is 1. The SMILES string of the molecule is Cc1cc(C)c([C@H]2COC[C@@H]2N2C(=O)c3ccccc3C2=O)c(C)c1. The molecular weight excluding hydrogens is 314 g/mol. The summed E-state index contributed by atoms with van der Waals surface area (Å²) in [6.45, 7) is 7.18. The number of carbonyl (C=O) groups is 2. The summed E-state index contributed by atoms with van der Waals surface area (Å²) in [5.41, 5.74) is 5.79. The molecule has 128 valence electrons. The summed E-state index contributed by atoms with van der Waals surface area (Å²) in [4.78, 5) is 27.1. The maximum atomic E-state index is 12.8. The highest BCUT2D eigenvalue weighted by Crippen LogP contribution is 2.37. The smallest absolute Gasteiger partial charge is 0.261 e. The molecule has 4 nitrogen and oxygen atoms in total. The maximum absolute atomic E-state index is 12.8. The third kappa shape index (κ3) is 2.40. The van der Waals surface area contributed by atoms with Gasteiger partial charge in [-0.05, 0) is 49.6 Å². The van der Waals surface area contributed by atoms with Gasteiger partial charge in [-0.15, -0.1) is 0 Å². The highest BCUT2D eigenvalue weighted by molar-refractivity contribution is 6.21. The third-order valence-electron chi connectivity index (χ3n) is 5.32. The summed E-state index contributed by atoms with van der Waals surface area (Å²) in [6.07, 6.45) is 0. The van der Waals surface area contributed by atoms with Crippen molar-refractivity contribution in [3.63, 3.8) is 0 Å². The van der Waals surface area contributed by atoms with Gasteiger partial charge in [-0.25, -0.2) is 0 Å². The molecule has 0 spiro atoms. The zero-order valence-electron chi connectivity index (χ0n) is 14.7. The second-order valence-electron chi connectivity index (χ2n) is 7.05. The monoisotopic (exact) mass is 335 g/mol. The van der Waals surface area contributed by atoms with Crippen molar-refractivity contribution in [3.8, 4) is 0 Å². The van der Waals surface area contributed by atoms with Gasteiger partial charge in [-0.1, -0.05) is 29.8 Å². The van der Waals surface area contributed by atoms with Crippen molar-refractivity contribution in [3.05, 3.63) is 69.8 Å². The van der Waals surface area contributed by atoms with Gasteiger partial charge in [0.1, 0.15) is 0 Å². The van der Waals surface area contributed by atoms with E-state index >= 15 is 0 Å². The molecule has 25 heavy (non-hydrogen) atoms. The summed E-state index contributed by atoms with van der Waals surface area (Å²) in [6, 6.07) is 11.1. The first-order valence-corrected chi connectivity index (χ1v) is 8.61. The molecular formula is C21H21NO3. The molecule has 4 heteroatoms. The van der Waals surface area contributed by atoms with Crippen LogP contribution in [0, 0.1) is 20.8 Å².